The number of likely N-dealkylation sites (N-methyl/N-ethyl adjacent to an activating group) is 1. The number of hydrogen-bond acceptors (Lipinski definition) is 5. The van der Waals surface area contributed by atoms with Crippen LogP contribution in [0.1, 0.15) is 16.8 Å². The number of aromatic nitrogens is 3. The summed E-state index contributed by atoms with van der Waals surface area (Å²) in [6.07, 6.45) is 4.58. The summed E-state index contributed by atoms with van der Waals surface area (Å²) in [5, 5.41) is 4.01. The van der Waals surface area contributed by atoms with Gasteiger partial charge in [0.25, 0.3) is 0 Å². The molecule has 1 aromatic carbocycles. The van der Waals surface area contributed by atoms with Crippen LogP contribution in [0.2, 0.25) is 5.02 Å². The summed E-state index contributed by atoms with van der Waals surface area (Å²) in [7, 11) is 2.04. The Hall–Kier alpha value is -2.66. The van der Waals surface area contributed by atoms with Gasteiger partial charge in [-0.25, -0.2) is 4.98 Å². The molecule has 0 fully saturated rings. The maximum absolute atomic E-state index is 6.21. The van der Waals surface area contributed by atoms with Crippen LogP contribution in [0.25, 0.3) is 0 Å². The lowest BCUT2D eigenvalue weighted by Gasteiger charge is -2.19. The second kappa shape index (κ2) is 8.63. The van der Waals surface area contributed by atoms with Gasteiger partial charge >= 0.3 is 0 Å². The number of nitrogens with one attached hydrogen (secondary N) is 1. The molecule has 0 atom stereocenters. The van der Waals surface area contributed by atoms with Crippen molar-refractivity contribution in [2.24, 2.45) is 0 Å². The van der Waals surface area contributed by atoms with Crippen molar-refractivity contribution in [3.8, 4) is 0 Å². The molecule has 0 saturated heterocycles. The third-order valence-electron chi connectivity index (χ3n) is 4.11. The van der Waals surface area contributed by atoms with E-state index in [0.717, 1.165) is 35.1 Å². The van der Waals surface area contributed by atoms with Crippen molar-refractivity contribution < 1.29 is 0 Å². The number of aryl methyl sites for hydroxylation is 1. The average molecular weight is 368 g/mol. The van der Waals surface area contributed by atoms with E-state index in [4.69, 9.17) is 11.6 Å². The van der Waals surface area contributed by atoms with Gasteiger partial charge in [0.1, 0.15) is 5.82 Å². The van der Waals surface area contributed by atoms with Crippen molar-refractivity contribution >= 4 is 23.4 Å². The minimum atomic E-state index is 0.587. The lowest BCUT2D eigenvalue weighted by atomic mass is 10.2. The Morgan fingerprint density at radius 1 is 1.08 bits per heavy atom. The predicted octanol–water partition coefficient (Wildman–Crippen LogP) is 4.12. The SMILES string of the molecule is Cc1cc(N(C)CCc2ccncc2)nc(NCc2ccccc2Cl)n1. The van der Waals surface area contributed by atoms with Crippen molar-refractivity contribution in [2.45, 2.75) is 19.9 Å². The van der Waals surface area contributed by atoms with Crippen molar-refractivity contribution in [3.63, 3.8) is 0 Å². The summed E-state index contributed by atoms with van der Waals surface area (Å²) in [5.74, 6) is 1.50. The first-order valence-electron chi connectivity index (χ1n) is 8.55. The number of benzene rings is 1. The van der Waals surface area contributed by atoms with E-state index in [1.807, 2.05) is 68.8 Å². The third-order valence-corrected chi connectivity index (χ3v) is 4.48. The molecule has 26 heavy (non-hydrogen) atoms. The first-order valence-corrected chi connectivity index (χ1v) is 8.92. The summed E-state index contributed by atoms with van der Waals surface area (Å²) in [6, 6.07) is 13.8. The fourth-order valence-electron chi connectivity index (χ4n) is 2.60. The first-order chi connectivity index (χ1) is 12.6. The van der Waals surface area contributed by atoms with E-state index in [2.05, 4.69) is 25.2 Å². The quantitative estimate of drug-likeness (QED) is 0.680. The van der Waals surface area contributed by atoms with Gasteiger partial charge in [0.15, 0.2) is 0 Å². The van der Waals surface area contributed by atoms with Crippen LogP contribution >= 0.6 is 11.6 Å². The molecule has 0 bridgehead atoms. The van der Waals surface area contributed by atoms with Gasteiger partial charge in [-0.3, -0.25) is 4.98 Å². The minimum absolute atomic E-state index is 0.587. The number of halogens is 1. The van der Waals surface area contributed by atoms with Crippen molar-refractivity contribution in [1.29, 1.82) is 0 Å². The molecule has 0 radical (unpaired) electrons. The van der Waals surface area contributed by atoms with Crippen molar-refractivity contribution in [1.82, 2.24) is 15.0 Å². The Kier molecular flexibility index (Phi) is 6.02. The highest BCUT2D eigenvalue weighted by molar-refractivity contribution is 6.31. The molecule has 0 amide bonds. The number of hydrogen-bond donors (Lipinski definition) is 1. The maximum atomic E-state index is 6.21. The van der Waals surface area contributed by atoms with Gasteiger partial charge in [0.05, 0.1) is 0 Å². The van der Waals surface area contributed by atoms with Crippen LogP contribution in [0.4, 0.5) is 11.8 Å². The van der Waals surface area contributed by atoms with E-state index in [0.29, 0.717) is 12.5 Å². The Labute approximate surface area is 159 Å². The molecule has 3 aromatic rings. The molecule has 0 saturated carbocycles. The molecule has 5 nitrogen and oxygen atoms in total. The zero-order valence-electron chi connectivity index (χ0n) is 15.0. The zero-order valence-corrected chi connectivity index (χ0v) is 15.7. The van der Waals surface area contributed by atoms with Gasteiger partial charge in [-0.1, -0.05) is 29.8 Å². The highest BCUT2D eigenvalue weighted by atomic mass is 35.5. The largest absolute Gasteiger partial charge is 0.359 e. The van der Waals surface area contributed by atoms with Gasteiger partial charge in [0.2, 0.25) is 5.95 Å². The van der Waals surface area contributed by atoms with Crippen LogP contribution in [-0.4, -0.2) is 28.5 Å². The van der Waals surface area contributed by atoms with Crippen LogP contribution in [-0.2, 0) is 13.0 Å². The number of rotatable bonds is 7. The van der Waals surface area contributed by atoms with Crippen LogP contribution in [0.5, 0.6) is 0 Å². The van der Waals surface area contributed by atoms with Crippen molar-refractivity contribution in [3.05, 3.63) is 76.7 Å². The fourth-order valence-corrected chi connectivity index (χ4v) is 2.81. The van der Waals surface area contributed by atoms with E-state index in [1.165, 1.54) is 5.56 Å². The Morgan fingerprint density at radius 2 is 1.85 bits per heavy atom. The minimum Gasteiger partial charge on any atom is -0.359 e. The standard InChI is InChI=1S/C20H22ClN5/c1-15-13-19(26(2)12-9-16-7-10-22-11-8-16)25-20(24-15)23-14-17-5-3-4-6-18(17)21/h3-8,10-11,13H,9,12,14H2,1-2H3,(H,23,24,25). The summed E-state index contributed by atoms with van der Waals surface area (Å²) in [4.78, 5) is 15.3. The molecule has 3 rings (SSSR count). The molecule has 0 spiro atoms. The molecule has 0 aliphatic rings. The first kappa shape index (κ1) is 18.1. The second-order valence-electron chi connectivity index (χ2n) is 6.16. The molecule has 0 aliphatic heterocycles. The maximum Gasteiger partial charge on any atom is 0.225 e. The number of pyridine rings is 1. The van der Waals surface area contributed by atoms with Gasteiger partial charge in [-0.15, -0.1) is 0 Å². The van der Waals surface area contributed by atoms with Gasteiger partial charge in [0, 0.05) is 49.3 Å². The lowest BCUT2D eigenvalue weighted by molar-refractivity contribution is 0.850. The van der Waals surface area contributed by atoms with E-state index in [-0.39, 0.29) is 0 Å². The Balaban J connectivity index is 1.65. The molecule has 2 heterocycles. The van der Waals surface area contributed by atoms with Gasteiger partial charge in [-0.2, -0.15) is 4.98 Å². The molecule has 2 aromatic heterocycles. The molecule has 1 N–H and O–H groups in total. The van der Waals surface area contributed by atoms with E-state index in [1.54, 1.807) is 0 Å². The van der Waals surface area contributed by atoms with Crippen LogP contribution < -0.4 is 10.2 Å². The second-order valence-corrected chi connectivity index (χ2v) is 6.57. The van der Waals surface area contributed by atoms with Gasteiger partial charge in [-0.05, 0) is 42.7 Å². The summed E-state index contributed by atoms with van der Waals surface area (Å²) in [6.45, 7) is 3.43. The molecular weight excluding hydrogens is 346 g/mol. The molecular formula is C20H22ClN5. The average Bonchev–Trinajstić information content (AvgIpc) is 2.66. The van der Waals surface area contributed by atoms with Crippen LogP contribution in [0.3, 0.4) is 0 Å². The summed E-state index contributed by atoms with van der Waals surface area (Å²) >= 11 is 6.21. The third kappa shape index (κ3) is 4.92. The Bertz CT molecular complexity index is 854. The number of nitrogens with zero attached hydrogens (tertiary/aromatic N) is 4. The topological polar surface area (TPSA) is 53.9 Å². The van der Waals surface area contributed by atoms with Crippen LogP contribution in [0.15, 0.2) is 54.9 Å². The lowest BCUT2D eigenvalue weighted by Crippen LogP contribution is -2.22. The van der Waals surface area contributed by atoms with E-state index in [9.17, 15) is 0 Å². The molecule has 6 heteroatoms. The zero-order chi connectivity index (χ0) is 18.4. The summed E-state index contributed by atoms with van der Waals surface area (Å²) in [5.41, 5.74) is 3.20. The fraction of sp³-hybridized carbons (Fsp3) is 0.250. The monoisotopic (exact) mass is 367 g/mol. The normalized spacial score (nSPS) is 10.6. The van der Waals surface area contributed by atoms with E-state index >= 15 is 0 Å². The molecule has 0 unspecified atom stereocenters. The highest BCUT2D eigenvalue weighted by Crippen LogP contribution is 2.18. The highest BCUT2D eigenvalue weighted by Gasteiger charge is 2.08. The smallest absolute Gasteiger partial charge is 0.225 e. The van der Waals surface area contributed by atoms with E-state index < -0.39 is 0 Å². The van der Waals surface area contributed by atoms with Crippen molar-refractivity contribution in [2.75, 3.05) is 23.8 Å². The van der Waals surface area contributed by atoms with Gasteiger partial charge < -0.3 is 10.2 Å². The molecule has 0 aliphatic carbocycles. The number of anilines is 2. The Morgan fingerprint density at radius 3 is 2.62 bits per heavy atom. The van der Waals surface area contributed by atoms with Crippen LogP contribution in [0, 0.1) is 6.92 Å². The summed E-state index contributed by atoms with van der Waals surface area (Å²) < 4.78 is 0. The predicted molar refractivity (Wildman–Crippen MR) is 107 cm³/mol. The molecule has 134 valence electrons.